The zero-order valence-electron chi connectivity index (χ0n) is 24.3. The van der Waals surface area contributed by atoms with Crippen LogP contribution in [0.4, 0.5) is 4.39 Å². The number of hydrogen-bond donors (Lipinski definition) is 1. The summed E-state index contributed by atoms with van der Waals surface area (Å²) < 4.78 is 18.8. The summed E-state index contributed by atoms with van der Waals surface area (Å²) in [5.74, 6) is 1.19. The molecular weight excluding hydrogens is 569 g/mol. The van der Waals surface area contributed by atoms with Gasteiger partial charge in [0.05, 0.1) is 11.6 Å². The van der Waals surface area contributed by atoms with Gasteiger partial charge in [0.1, 0.15) is 11.5 Å². The number of pyridine rings is 2. The third-order valence-electron chi connectivity index (χ3n) is 8.99. The number of carbonyl (C=O) groups is 1. The standard InChI is InChI=1S/C32H36FN5O4S/c1-36-25(17-20-5-2-3-7-26(20)30(36)40)6-4-8-28(39)35-22-9-11-23(12-10-22)38-31(41)27-18-21(33)19-34-29(27)37(32(38)42)24-13-15-43-16-14-24/h2-3,5,7,17-19,22-24H,4,6,8-16H2,1H3,(H,35,39)/t22-,23+. The van der Waals surface area contributed by atoms with Gasteiger partial charge in [-0.3, -0.25) is 23.5 Å². The molecule has 1 N–H and O–H groups in total. The number of nitrogens with zero attached hydrogens (tertiary/aromatic N) is 4. The molecule has 2 aliphatic rings. The first-order valence-electron chi connectivity index (χ1n) is 15.1. The second kappa shape index (κ2) is 12.5. The molecule has 0 unspecified atom stereocenters. The fourth-order valence-electron chi connectivity index (χ4n) is 6.65. The normalized spacial score (nSPS) is 19.6. The van der Waals surface area contributed by atoms with Crippen molar-refractivity contribution in [2.45, 2.75) is 75.9 Å². The van der Waals surface area contributed by atoms with E-state index in [1.165, 1.54) is 10.6 Å². The van der Waals surface area contributed by atoms with Crippen molar-refractivity contribution in [3.63, 3.8) is 0 Å². The van der Waals surface area contributed by atoms with Crippen molar-refractivity contribution < 1.29 is 9.18 Å². The van der Waals surface area contributed by atoms with Crippen LogP contribution in [0.1, 0.15) is 69.1 Å². The summed E-state index contributed by atoms with van der Waals surface area (Å²) in [4.78, 5) is 56.9. The number of thioether (sulfide) groups is 1. The van der Waals surface area contributed by atoms with Crippen LogP contribution in [0.3, 0.4) is 0 Å². The molecule has 9 nitrogen and oxygen atoms in total. The summed E-state index contributed by atoms with van der Waals surface area (Å²) in [6, 6.07) is 10.3. The minimum atomic E-state index is -0.602. The smallest absolute Gasteiger partial charge is 0.333 e. The molecule has 0 spiro atoms. The quantitative estimate of drug-likeness (QED) is 0.338. The number of amides is 1. The number of aromatic nitrogens is 4. The predicted octanol–water partition coefficient (Wildman–Crippen LogP) is 4.24. The molecule has 11 heteroatoms. The Morgan fingerprint density at radius 3 is 2.44 bits per heavy atom. The molecule has 1 aliphatic heterocycles. The van der Waals surface area contributed by atoms with Crippen LogP contribution in [0.25, 0.3) is 21.8 Å². The molecule has 1 aromatic carbocycles. The summed E-state index contributed by atoms with van der Waals surface area (Å²) in [5.41, 5.74) is 0.249. The average molecular weight is 606 g/mol. The molecular formula is C32H36FN5O4S. The Bertz CT molecular complexity index is 1850. The Balaban J connectivity index is 1.11. The van der Waals surface area contributed by atoms with Crippen molar-refractivity contribution >= 4 is 39.5 Å². The van der Waals surface area contributed by atoms with E-state index in [4.69, 9.17) is 0 Å². The first-order chi connectivity index (χ1) is 20.8. The third kappa shape index (κ3) is 5.91. The molecule has 1 saturated carbocycles. The Kier molecular flexibility index (Phi) is 8.52. The molecule has 2 fully saturated rings. The van der Waals surface area contributed by atoms with Gasteiger partial charge in [-0.25, -0.2) is 14.2 Å². The maximum absolute atomic E-state index is 14.2. The van der Waals surface area contributed by atoms with Crippen LogP contribution in [-0.4, -0.2) is 42.1 Å². The van der Waals surface area contributed by atoms with Gasteiger partial charge in [-0.15, -0.1) is 0 Å². The maximum atomic E-state index is 14.2. The van der Waals surface area contributed by atoms with E-state index in [1.54, 1.807) is 16.2 Å². The SMILES string of the molecule is Cn1c(CCCC(=O)N[C@H]2CC[C@@H](n3c(=O)c4cc(F)cnc4n(C4CCSCC4)c3=O)CC2)cc2ccccc2c1=O. The van der Waals surface area contributed by atoms with Gasteiger partial charge >= 0.3 is 5.69 Å². The van der Waals surface area contributed by atoms with Crippen LogP contribution in [0.2, 0.25) is 0 Å². The number of fused-ring (bicyclic) bond motifs is 2. The molecule has 226 valence electrons. The van der Waals surface area contributed by atoms with Crippen molar-refractivity contribution in [2.24, 2.45) is 7.05 Å². The molecule has 0 radical (unpaired) electrons. The van der Waals surface area contributed by atoms with Gasteiger partial charge in [0.15, 0.2) is 0 Å². The van der Waals surface area contributed by atoms with Gasteiger partial charge in [-0.1, -0.05) is 18.2 Å². The summed E-state index contributed by atoms with van der Waals surface area (Å²) in [7, 11) is 1.76. The highest BCUT2D eigenvalue weighted by Crippen LogP contribution is 2.30. The van der Waals surface area contributed by atoms with Crippen molar-refractivity contribution in [1.29, 1.82) is 0 Å². The van der Waals surface area contributed by atoms with Crippen molar-refractivity contribution in [2.75, 3.05) is 11.5 Å². The Hall–Kier alpha value is -3.73. The lowest BCUT2D eigenvalue weighted by atomic mass is 9.90. The van der Waals surface area contributed by atoms with Gasteiger partial charge in [0.25, 0.3) is 11.1 Å². The summed E-state index contributed by atoms with van der Waals surface area (Å²) in [6.45, 7) is 0. The van der Waals surface area contributed by atoms with E-state index >= 15 is 0 Å². The Morgan fingerprint density at radius 1 is 0.953 bits per heavy atom. The molecule has 1 saturated heterocycles. The van der Waals surface area contributed by atoms with Gasteiger partial charge in [0.2, 0.25) is 5.91 Å². The van der Waals surface area contributed by atoms with E-state index in [0.29, 0.717) is 50.3 Å². The van der Waals surface area contributed by atoms with E-state index in [2.05, 4.69) is 10.3 Å². The van der Waals surface area contributed by atoms with Gasteiger partial charge in [-0.05, 0) is 86.5 Å². The topological polar surface area (TPSA) is 108 Å². The number of nitrogens with one attached hydrogen (secondary N) is 1. The van der Waals surface area contributed by atoms with Crippen LogP contribution >= 0.6 is 11.8 Å². The first-order valence-corrected chi connectivity index (χ1v) is 16.2. The van der Waals surface area contributed by atoms with Crippen LogP contribution in [0, 0.1) is 5.82 Å². The summed E-state index contributed by atoms with van der Waals surface area (Å²) in [6.07, 6.45) is 6.64. The molecule has 6 rings (SSSR count). The second-order valence-electron chi connectivity index (χ2n) is 11.7. The molecule has 1 aliphatic carbocycles. The number of benzene rings is 1. The lowest BCUT2D eigenvalue weighted by Crippen LogP contribution is -2.46. The fraction of sp³-hybridized carbons (Fsp3) is 0.469. The van der Waals surface area contributed by atoms with Crippen LogP contribution < -0.4 is 22.1 Å². The van der Waals surface area contributed by atoms with Crippen molar-refractivity contribution in [3.8, 4) is 0 Å². The van der Waals surface area contributed by atoms with Crippen molar-refractivity contribution in [3.05, 3.63) is 85.3 Å². The molecule has 4 heterocycles. The molecule has 3 aromatic heterocycles. The highest BCUT2D eigenvalue weighted by Gasteiger charge is 2.29. The second-order valence-corrected chi connectivity index (χ2v) is 12.9. The molecule has 4 aromatic rings. The minimum absolute atomic E-state index is 0.0364. The average Bonchev–Trinajstić information content (AvgIpc) is 3.01. The number of rotatable bonds is 7. The highest BCUT2D eigenvalue weighted by molar-refractivity contribution is 7.99. The van der Waals surface area contributed by atoms with Crippen LogP contribution in [0.5, 0.6) is 0 Å². The fourth-order valence-corrected chi connectivity index (χ4v) is 7.73. The third-order valence-corrected chi connectivity index (χ3v) is 10.0. The lowest BCUT2D eigenvalue weighted by molar-refractivity contribution is -0.122. The molecule has 0 atom stereocenters. The monoisotopic (exact) mass is 605 g/mol. The van der Waals surface area contributed by atoms with Crippen LogP contribution in [0.15, 0.2) is 57.0 Å². The molecule has 43 heavy (non-hydrogen) atoms. The van der Waals surface area contributed by atoms with E-state index in [1.807, 2.05) is 42.1 Å². The predicted molar refractivity (Wildman–Crippen MR) is 167 cm³/mol. The van der Waals surface area contributed by atoms with Crippen molar-refractivity contribution in [1.82, 2.24) is 24.0 Å². The highest BCUT2D eigenvalue weighted by atomic mass is 32.2. The molecule has 0 bridgehead atoms. The first kappa shape index (κ1) is 29.3. The summed E-state index contributed by atoms with van der Waals surface area (Å²) >= 11 is 1.84. The number of carbonyl (C=O) groups excluding carboxylic acids is 1. The zero-order chi connectivity index (χ0) is 30.1. The van der Waals surface area contributed by atoms with E-state index in [-0.39, 0.29) is 46.3 Å². The number of hydrogen-bond acceptors (Lipinski definition) is 6. The lowest BCUT2D eigenvalue weighted by Gasteiger charge is -2.31. The maximum Gasteiger partial charge on any atom is 0.333 e. The number of aryl methyl sites for hydroxylation is 1. The number of halogens is 1. The van der Waals surface area contributed by atoms with Gasteiger partial charge in [-0.2, -0.15) is 11.8 Å². The largest absolute Gasteiger partial charge is 0.353 e. The Morgan fingerprint density at radius 2 is 1.67 bits per heavy atom. The van der Waals surface area contributed by atoms with Gasteiger partial charge in [0, 0.05) is 42.7 Å². The Labute approximate surface area is 252 Å². The summed E-state index contributed by atoms with van der Waals surface area (Å²) in [5, 5.41) is 4.84. The zero-order valence-corrected chi connectivity index (χ0v) is 25.1. The van der Waals surface area contributed by atoms with Crippen LogP contribution in [-0.2, 0) is 18.3 Å². The van der Waals surface area contributed by atoms with E-state index in [0.717, 1.165) is 41.6 Å². The van der Waals surface area contributed by atoms with E-state index in [9.17, 15) is 23.6 Å². The molecule has 1 amide bonds. The minimum Gasteiger partial charge on any atom is -0.353 e. The van der Waals surface area contributed by atoms with Gasteiger partial charge < -0.3 is 9.88 Å². The van der Waals surface area contributed by atoms with E-state index < -0.39 is 11.4 Å².